The van der Waals surface area contributed by atoms with Crippen LogP contribution in [-0.4, -0.2) is 9.97 Å². The van der Waals surface area contributed by atoms with Crippen molar-refractivity contribution in [2.75, 3.05) is 5.32 Å². The largest absolute Gasteiger partial charge is 0.362 e. The van der Waals surface area contributed by atoms with Gasteiger partial charge in [0.2, 0.25) is 0 Å². The van der Waals surface area contributed by atoms with E-state index in [1.54, 1.807) is 12.1 Å². The summed E-state index contributed by atoms with van der Waals surface area (Å²) in [5.41, 5.74) is 0.744. The van der Waals surface area contributed by atoms with Crippen molar-refractivity contribution in [3.05, 3.63) is 53.2 Å². The zero-order valence-electron chi connectivity index (χ0n) is 9.19. The van der Waals surface area contributed by atoms with E-state index in [0.717, 1.165) is 5.69 Å². The Balaban J connectivity index is 2.11. The number of aromatic nitrogens is 2. The minimum absolute atomic E-state index is 0.0680. The van der Waals surface area contributed by atoms with Crippen LogP contribution in [0.3, 0.4) is 0 Å². The molecule has 17 heavy (non-hydrogen) atoms. The summed E-state index contributed by atoms with van der Waals surface area (Å²) in [6.07, 6.45) is 1.19. The van der Waals surface area contributed by atoms with Gasteiger partial charge in [-0.15, -0.1) is 0 Å². The van der Waals surface area contributed by atoms with E-state index in [2.05, 4.69) is 15.3 Å². The van der Waals surface area contributed by atoms with Crippen molar-refractivity contribution in [2.45, 2.75) is 13.0 Å². The van der Waals surface area contributed by atoms with Gasteiger partial charge in [-0.25, -0.2) is 9.37 Å². The number of nitrogens with one attached hydrogen (secondary N) is 1. The lowest BCUT2D eigenvalue weighted by atomic mass is 10.2. The average molecular weight is 252 g/mol. The van der Waals surface area contributed by atoms with Crippen LogP contribution < -0.4 is 5.32 Å². The van der Waals surface area contributed by atoms with Gasteiger partial charge in [-0.05, 0) is 31.2 Å². The van der Waals surface area contributed by atoms with E-state index in [1.807, 2.05) is 19.1 Å². The zero-order chi connectivity index (χ0) is 12.3. The molecule has 0 spiro atoms. The molecule has 0 radical (unpaired) electrons. The van der Waals surface area contributed by atoms with E-state index in [9.17, 15) is 4.39 Å². The monoisotopic (exact) mass is 251 g/mol. The molecule has 0 saturated heterocycles. The van der Waals surface area contributed by atoms with Crippen LogP contribution in [0.4, 0.5) is 10.2 Å². The second-order valence-electron chi connectivity index (χ2n) is 3.61. The number of pyridine rings is 2. The first kappa shape index (κ1) is 11.8. The van der Waals surface area contributed by atoms with Crippen LogP contribution in [0.1, 0.15) is 18.7 Å². The number of halogens is 2. The van der Waals surface area contributed by atoms with Gasteiger partial charge in [0.1, 0.15) is 16.8 Å². The maximum atomic E-state index is 12.7. The fraction of sp³-hybridized carbons (Fsp3) is 0.167. The Labute approximate surface area is 104 Å². The first-order chi connectivity index (χ1) is 8.15. The Morgan fingerprint density at radius 3 is 2.76 bits per heavy atom. The summed E-state index contributed by atoms with van der Waals surface area (Å²) in [5, 5.41) is 3.56. The Bertz CT molecular complexity index is 501. The average Bonchev–Trinajstić information content (AvgIpc) is 2.29. The molecule has 1 N–H and O–H groups in total. The maximum absolute atomic E-state index is 12.7. The third kappa shape index (κ3) is 3.14. The highest BCUT2D eigenvalue weighted by Gasteiger charge is 2.07. The van der Waals surface area contributed by atoms with Crippen LogP contribution in [0.25, 0.3) is 0 Å². The molecule has 2 rings (SSSR count). The molecule has 5 heteroatoms. The summed E-state index contributed by atoms with van der Waals surface area (Å²) in [6, 6.07) is 8.27. The van der Waals surface area contributed by atoms with Crippen molar-refractivity contribution >= 4 is 17.4 Å². The lowest BCUT2D eigenvalue weighted by molar-refractivity contribution is 0.617. The fourth-order valence-corrected chi connectivity index (χ4v) is 1.59. The van der Waals surface area contributed by atoms with E-state index in [4.69, 9.17) is 11.6 Å². The summed E-state index contributed by atoms with van der Waals surface area (Å²) in [5.74, 6) is 0.318. The predicted octanol–water partition coefficient (Wildman–Crippen LogP) is 3.44. The van der Waals surface area contributed by atoms with Gasteiger partial charge in [-0.1, -0.05) is 17.7 Å². The fourth-order valence-electron chi connectivity index (χ4n) is 1.43. The van der Waals surface area contributed by atoms with Crippen LogP contribution in [0.15, 0.2) is 36.5 Å². The van der Waals surface area contributed by atoms with Gasteiger partial charge < -0.3 is 5.32 Å². The van der Waals surface area contributed by atoms with Gasteiger partial charge in [0.15, 0.2) is 0 Å². The summed E-state index contributed by atoms with van der Waals surface area (Å²) in [7, 11) is 0. The Kier molecular flexibility index (Phi) is 3.54. The third-order valence-electron chi connectivity index (χ3n) is 2.27. The highest BCUT2D eigenvalue weighted by Crippen LogP contribution is 2.17. The molecule has 0 bridgehead atoms. The minimum atomic E-state index is -0.346. The van der Waals surface area contributed by atoms with Crippen LogP contribution in [0.2, 0.25) is 5.15 Å². The third-order valence-corrected chi connectivity index (χ3v) is 2.48. The van der Waals surface area contributed by atoms with Crippen molar-refractivity contribution in [2.24, 2.45) is 0 Å². The molecule has 0 aliphatic rings. The quantitative estimate of drug-likeness (QED) is 0.849. The number of hydrogen-bond donors (Lipinski definition) is 1. The molecular weight excluding hydrogens is 241 g/mol. The van der Waals surface area contributed by atoms with E-state index in [-0.39, 0.29) is 11.9 Å². The predicted molar refractivity (Wildman–Crippen MR) is 65.5 cm³/mol. The summed E-state index contributed by atoms with van der Waals surface area (Å²) in [4.78, 5) is 8.11. The molecule has 2 aromatic rings. The van der Waals surface area contributed by atoms with Gasteiger partial charge >= 0.3 is 0 Å². The van der Waals surface area contributed by atoms with Gasteiger partial charge in [0.05, 0.1) is 17.9 Å². The van der Waals surface area contributed by atoms with E-state index < -0.39 is 0 Å². The standard InChI is InChI=1S/C12H11ClFN3/c1-8(10-6-5-9(14)7-15-10)16-12-4-2-3-11(13)17-12/h2-8H,1H3,(H,16,17). The number of rotatable bonds is 3. The summed E-state index contributed by atoms with van der Waals surface area (Å²) >= 11 is 5.78. The van der Waals surface area contributed by atoms with E-state index in [0.29, 0.717) is 11.0 Å². The van der Waals surface area contributed by atoms with Gasteiger partial charge in [-0.3, -0.25) is 4.98 Å². The highest BCUT2D eigenvalue weighted by atomic mass is 35.5. The summed E-state index contributed by atoms with van der Waals surface area (Å²) < 4.78 is 12.7. The zero-order valence-corrected chi connectivity index (χ0v) is 9.95. The van der Waals surface area contributed by atoms with Crippen LogP contribution in [-0.2, 0) is 0 Å². The lowest BCUT2D eigenvalue weighted by Gasteiger charge is -2.13. The molecule has 1 atom stereocenters. The normalized spacial score (nSPS) is 12.2. The molecule has 88 valence electrons. The van der Waals surface area contributed by atoms with Crippen molar-refractivity contribution in [1.29, 1.82) is 0 Å². The molecule has 3 nitrogen and oxygen atoms in total. The first-order valence-electron chi connectivity index (χ1n) is 5.16. The highest BCUT2D eigenvalue weighted by molar-refractivity contribution is 6.29. The first-order valence-corrected chi connectivity index (χ1v) is 5.53. The molecule has 0 fully saturated rings. The molecule has 2 aromatic heterocycles. The number of hydrogen-bond acceptors (Lipinski definition) is 3. The molecular formula is C12H11ClFN3. The molecule has 2 heterocycles. The van der Waals surface area contributed by atoms with Crippen molar-refractivity contribution in [3.63, 3.8) is 0 Å². The van der Waals surface area contributed by atoms with Gasteiger partial charge in [0, 0.05) is 0 Å². The molecule has 0 saturated carbocycles. The van der Waals surface area contributed by atoms with E-state index in [1.165, 1.54) is 12.3 Å². The maximum Gasteiger partial charge on any atom is 0.141 e. The second kappa shape index (κ2) is 5.10. The Morgan fingerprint density at radius 1 is 1.29 bits per heavy atom. The number of anilines is 1. The second-order valence-corrected chi connectivity index (χ2v) is 4.00. The van der Waals surface area contributed by atoms with Crippen molar-refractivity contribution < 1.29 is 4.39 Å². The molecule has 0 aromatic carbocycles. The minimum Gasteiger partial charge on any atom is -0.362 e. The van der Waals surface area contributed by atoms with Crippen molar-refractivity contribution in [1.82, 2.24) is 9.97 Å². The van der Waals surface area contributed by atoms with Crippen LogP contribution in [0.5, 0.6) is 0 Å². The molecule has 0 aliphatic carbocycles. The van der Waals surface area contributed by atoms with E-state index >= 15 is 0 Å². The van der Waals surface area contributed by atoms with Crippen molar-refractivity contribution in [3.8, 4) is 0 Å². The SMILES string of the molecule is CC(Nc1cccc(Cl)n1)c1ccc(F)cn1. The smallest absolute Gasteiger partial charge is 0.141 e. The molecule has 0 amide bonds. The van der Waals surface area contributed by atoms with Gasteiger partial charge in [0.25, 0.3) is 0 Å². The molecule has 0 aliphatic heterocycles. The molecule has 1 unspecified atom stereocenters. The Hall–Kier alpha value is -1.68. The number of nitrogens with zero attached hydrogens (tertiary/aromatic N) is 2. The van der Waals surface area contributed by atoms with Crippen LogP contribution >= 0.6 is 11.6 Å². The summed E-state index contributed by atoms with van der Waals surface area (Å²) in [6.45, 7) is 1.92. The van der Waals surface area contributed by atoms with Crippen LogP contribution in [0, 0.1) is 5.82 Å². The van der Waals surface area contributed by atoms with Gasteiger partial charge in [-0.2, -0.15) is 0 Å². The topological polar surface area (TPSA) is 37.8 Å². The lowest BCUT2D eigenvalue weighted by Crippen LogP contribution is -2.09. The Morgan fingerprint density at radius 2 is 2.12 bits per heavy atom.